The molecule has 0 bridgehead atoms. The second-order valence-corrected chi connectivity index (χ2v) is 8.38. The molecule has 1 heterocycles. The molecule has 1 saturated carbocycles. The molecule has 0 unspecified atom stereocenters. The smallest absolute Gasteiger partial charge is 0.234 e. The number of ether oxygens (including phenoxy) is 1. The van der Waals surface area contributed by atoms with Gasteiger partial charge in [-0.25, -0.2) is 0 Å². The van der Waals surface area contributed by atoms with Gasteiger partial charge in [-0.05, 0) is 44.0 Å². The van der Waals surface area contributed by atoms with Gasteiger partial charge in [0, 0.05) is 6.04 Å². The van der Waals surface area contributed by atoms with Crippen molar-refractivity contribution in [2.75, 3.05) is 11.1 Å². The lowest BCUT2D eigenvalue weighted by molar-refractivity contribution is -0.113. The molecule has 0 aliphatic heterocycles. The van der Waals surface area contributed by atoms with Gasteiger partial charge in [0.25, 0.3) is 0 Å². The first-order valence-corrected chi connectivity index (χ1v) is 11.4. The Morgan fingerprint density at radius 1 is 1.07 bits per heavy atom. The number of nitrogens with one attached hydrogen (secondary N) is 1. The maximum absolute atomic E-state index is 12.6. The average molecular weight is 423 g/mol. The van der Waals surface area contributed by atoms with Crippen LogP contribution in [0.1, 0.15) is 44.0 Å². The fraction of sp³-hybridized carbons (Fsp3) is 0.348. The number of hydrogen-bond donors (Lipinski definition) is 1. The van der Waals surface area contributed by atoms with Crippen LogP contribution in [0.3, 0.4) is 0 Å². The number of rotatable bonds is 7. The fourth-order valence-corrected chi connectivity index (χ4v) is 4.65. The van der Waals surface area contributed by atoms with Crippen LogP contribution in [0.25, 0.3) is 0 Å². The number of anilines is 1. The molecule has 3 aromatic rings. The van der Waals surface area contributed by atoms with E-state index in [0.29, 0.717) is 17.5 Å². The number of carbonyl (C=O) groups is 1. The third-order valence-corrected chi connectivity index (χ3v) is 6.18. The molecule has 1 aliphatic rings. The van der Waals surface area contributed by atoms with Crippen molar-refractivity contribution < 1.29 is 9.53 Å². The Bertz CT molecular complexity index is 984. The van der Waals surface area contributed by atoms with E-state index < -0.39 is 0 Å². The van der Waals surface area contributed by atoms with Crippen LogP contribution in [0.15, 0.2) is 59.8 Å². The second-order valence-electron chi connectivity index (χ2n) is 7.44. The Hall–Kier alpha value is -2.80. The zero-order valence-electron chi connectivity index (χ0n) is 17.1. The number of thioether (sulfide) groups is 1. The van der Waals surface area contributed by atoms with Crippen molar-refractivity contribution in [1.82, 2.24) is 14.8 Å². The van der Waals surface area contributed by atoms with E-state index in [1.165, 1.54) is 31.0 Å². The largest absolute Gasteiger partial charge is 0.455 e. The molecule has 1 aliphatic carbocycles. The topological polar surface area (TPSA) is 69.0 Å². The lowest BCUT2D eigenvalue weighted by Gasteiger charge is -2.24. The van der Waals surface area contributed by atoms with Gasteiger partial charge in [-0.2, -0.15) is 0 Å². The highest BCUT2D eigenvalue weighted by Gasteiger charge is 2.22. The third kappa shape index (κ3) is 5.02. The molecule has 7 heteroatoms. The van der Waals surface area contributed by atoms with Crippen LogP contribution >= 0.6 is 11.8 Å². The summed E-state index contributed by atoms with van der Waals surface area (Å²) in [5.74, 6) is 2.43. The standard InChI is InChI=1S/C23H26N4O2S/c1-17-25-26-23(27(17)18-10-4-2-5-11-18)30-16-22(28)24-20-14-8-9-15-21(20)29-19-12-6-3-7-13-19/h3,6-9,12-15,18H,2,4-5,10-11,16H2,1H3,(H,24,28). The highest BCUT2D eigenvalue weighted by Crippen LogP contribution is 2.33. The van der Waals surface area contributed by atoms with E-state index in [2.05, 4.69) is 20.1 Å². The van der Waals surface area contributed by atoms with E-state index in [-0.39, 0.29) is 11.7 Å². The predicted octanol–water partition coefficient (Wildman–Crippen LogP) is 5.61. The van der Waals surface area contributed by atoms with Gasteiger partial charge in [0.15, 0.2) is 10.9 Å². The summed E-state index contributed by atoms with van der Waals surface area (Å²) in [7, 11) is 0. The molecule has 1 aromatic heterocycles. The molecule has 1 amide bonds. The normalized spacial score (nSPS) is 14.4. The van der Waals surface area contributed by atoms with Crippen molar-refractivity contribution in [2.45, 2.75) is 50.2 Å². The highest BCUT2D eigenvalue weighted by molar-refractivity contribution is 7.99. The Morgan fingerprint density at radius 2 is 1.80 bits per heavy atom. The van der Waals surface area contributed by atoms with E-state index in [4.69, 9.17) is 4.74 Å². The van der Waals surface area contributed by atoms with Gasteiger partial charge in [0.2, 0.25) is 5.91 Å². The van der Waals surface area contributed by atoms with E-state index in [1.807, 2.05) is 61.5 Å². The summed E-state index contributed by atoms with van der Waals surface area (Å²) in [4.78, 5) is 12.6. The fourth-order valence-electron chi connectivity index (χ4n) is 3.80. The lowest BCUT2D eigenvalue weighted by Crippen LogP contribution is -2.17. The minimum absolute atomic E-state index is 0.0973. The molecule has 1 N–H and O–H groups in total. The predicted molar refractivity (Wildman–Crippen MR) is 119 cm³/mol. The quantitative estimate of drug-likeness (QED) is 0.501. The van der Waals surface area contributed by atoms with E-state index >= 15 is 0 Å². The number of aryl methyl sites for hydroxylation is 1. The first-order chi connectivity index (χ1) is 14.7. The molecule has 0 spiro atoms. The molecular formula is C23H26N4O2S. The summed E-state index contributed by atoms with van der Waals surface area (Å²) in [5, 5.41) is 12.4. The van der Waals surface area contributed by atoms with Crippen molar-refractivity contribution in [1.29, 1.82) is 0 Å². The number of amides is 1. The third-order valence-electron chi connectivity index (χ3n) is 5.24. The number of nitrogens with zero attached hydrogens (tertiary/aromatic N) is 3. The summed E-state index contributed by atoms with van der Waals surface area (Å²) in [6.07, 6.45) is 6.09. The van der Waals surface area contributed by atoms with Crippen LogP contribution in [0, 0.1) is 6.92 Å². The monoisotopic (exact) mass is 422 g/mol. The van der Waals surface area contributed by atoms with Gasteiger partial charge < -0.3 is 14.6 Å². The lowest BCUT2D eigenvalue weighted by atomic mass is 9.95. The minimum atomic E-state index is -0.0973. The maximum atomic E-state index is 12.6. The molecule has 0 saturated heterocycles. The van der Waals surface area contributed by atoms with E-state index in [0.717, 1.165) is 29.6 Å². The zero-order valence-corrected chi connectivity index (χ0v) is 17.9. The Kier molecular flexibility index (Phi) is 6.69. The Morgan fingerprint density at radius 3 is 2.60 bits per heavy atom. The zero-order chi connectivity index (χ0) is 20.8. The van der Waals surface area contributed by atoms with Gasteiger partial charge >= 0.3 is 0 Å². The first kappa shape index (κ1) is 20.5. The van der Waals surface area contributed by atoms with E-state index in [9.17, 15) is 4.79 Å². The van der Waals surface area contributed by atoms with Crippen LogP contribution in [0.5, 0.6) is 11.5 Å². The van der Waals surface area contributed by atoms with Crippen molar-refractivity contribution in [2.24, 2.45) is 0 Å². The summed E-state index contributed by atoms with van der Waals surface area (Å²) in [5.41, 5.74) is 0.650. The Labute approximate surface area is 181 Å². The molecule has 156 valence electrons. The van der Waals surface area contributed by atoms with Crippen molar-refractivity contribution in [3.05, 3.63) is 60.4 Å². The van der Waals surface area contributed by atoms with Gasteiger partial charge in [0.05, 0.1) is 11.4 Å². The van der Waals surface area contributed by atoms with Crippen molar-refractivity contribution in [3.63, 3.8) is 0 Å². The summed E-state index contributed by atoms with van der Waals surface area (Å²) in [6.45, 7) is 1.99. The second kappa shape index (κ2) is 9.80. The van der Waals surface area contributed by atoms with Gasteiger partial charge in [0.1, 0.15) is 11.6 Å². The molecule has 1 fully saturated rings. The average Bonchev–Trinajstić information content (AvgIpc) is 3.15. The van der Waals surface area contributed by atoms with Gasteiger partial charge in [-0.3, -0.25) is 4.79 Å². The number of aromatic nitrogens is 3. The van der Waals surface area contributed by atoms with Gasteiger partial charge in [-0.1, -0.05) is 61.4 Å². The SMILES string of the molecule is Cc1nnc(SCC(=O)Nc2ccccc2Oc2ccccc2)n1C1CCCCC1. The first-order valence-electron chi connectivity index (χ1n) is 10.4. The van der Waals surface area contributed by atoms with Crippen molar-refractivity contribution in [3.8, 4) is 11.5 Å². The summed E-state index contributed by atoms with van der Waals surface area (Å²) >= 11 is 1.44. The van der Waals surface area contributed by atoms with E-state index in [1.54, 1.807) is 0 Å². The molecule has 0 atom stereocenters. The van der Waals surface area contributed by atoms with Crippen LogP contribution < -0.4 is 10.1 Å². The Balaban J connectivity index is 1.39. The molecule has 30 heavy (non-hydrogen) atoms. The summed E-state index contributed by atoms with van der Waals surface area (Å²) in [6, 6.07) is 17.4. The maximum Gasteiger partial charge on any atom is 0.234 e. The number of hydrogen-bond acceptors (Lipinski definition) is 5. The van der Waals surface area contributed by atoms with Crippen LogP contribution in [-0.2, 0) is 4.79 Å². The summed E-state index contributed by atoms with van der Waals surface area (Å²) < 4.78 is 8.14. The molecule has 4 rings (SSSR count). The molecular weight excluding hydrogens is 396 g/mol. The molecule has 2 aromatic carbocycles. The minimum Gasteiger partial charge on any atom is -0.455 e. The number of carbonyl (C=O) groups excluding carboxylic acids is 1. The van der Waals surface area contributed by atoms with Crippen LogP contribution in [-0.4, -0.2) is 26.4 Å². The van der Waals surface area contributed by atoms with Gasteiger partial charge in [-0.15, -0.1) is 10.2 Å². The van der Waals surface area contributed by atoms with Crippen LogP contribution in [0.2, 0.25) is 0 Å². The van der Waals surface area contributed by atoms with Crippen LogP contribution in [0.4, 0.5) is 5.69 Å². The number of benzene rings is 2. The molecule has 0 radical (unpaired) electrons. The number of para-hydroxylation sites is 3. The molecule has 6 nitrogen and oxygen atoms in total. The van der Waals surface area contributed by atoms with Crippen molar-refractivity contribution >= 4 is 23.4 Å². The highest BCUT2D eigenvalue weighted by atomic mass is 32.2.